The third kappa shape index (κ3) is 2.05. The highest BCUT2D eigenvalue weighted by molar-refractivity contribution is 5.52. The first-order valence-corrected chi connectivity index (χ1v) is 5.85. The second kappa shape index (κ2) is 4.45. The van der Waals surface area contributed by atoms with Gasteiger partial charge in [0.1, 0.15) is 5.75 Å². The zero-order chi connectivity index (χ0) is 12.5. The summed E-state index contributed by atoms with van der Waals surface area (Å²) in [4.78, 5) is 0. The summed E-state index contributed by atoms with van der Waals surface area (Å²) < 4.78 is 10.4. The van der Waals surface area contributed by atoms with Gasteiger partial charge in [-0.2, -0.15) is 0 Å². The molecule has 4 heteroatoms. The number of benzene rings is 1. The second-order valence-corrected chi connectivity index (χ2v) is 4.59. The van der Waals surface area contributed by atoms with E-state index in [1.54, 1.807) is 19.2 Å². The molecule has 94 valence electrons. The number of ether oxygens (including phenoxy) is 2. The molecule has 1 aromatic rings. The van der Waals surface area contributed by atoms with Crippen molar-refractivity contribution in [1.82, 2.24) is 0 Å². The monoisotopic (exact) mass is 237 g/mol. The topological polar surface area (TPSA) is 64.7 Å². The van der Waals surface area contributed by atoms with Crippen LogP contribution in [0.1, 0.15) is 31.2 Å². The average Bonchev–Trinajstić information content (AvgIpc) is 2.77. The van der Waals surface area contributed by atoms with Gasteiger partial charge in [-0.25, -0.2) is 0 Å². The number of methoxy groups -OCH3 is 2. The lowest BCUT2D eigenvalue weighted by atomic mass is 9.88. The third-order valence-electron chi connectivity index (χ3n) is 3.53. The molecule has 1 aromatic carbocycles. The Morgan fingerprint density at radius 1 is 1.12 bits per heavy atom. The molecular weight excluding hydrogens is 218 g/mol. The molecule has 0 bridgehead atoms. The van der Waals surface area contributed by atoms with E-state index in [1.165, 1.54) is 7.11 Å². The molecule has 0 spiro atoms. The van der Waals surface area contributed by atoms with E-state index < -0.39 is 0 Å². The maximum atomic E-state index is 9.85. The molecule has 4 nitrogen and oxygen atoms in total. The van der Waals surface area contributed by atoms with Gasteiger partial charge >= 0.3 is 0 Å². The summed E-state index contributed by atoms with van der Waals surface area (Å²) in [6, 6.07) is 3.36. The smallest absolute Gasteiger partial charge is 0.164 e. The van der Waals surface area contributed by atoms with E-state index in [-0.39, 0.29) is 11.3 Å². The first kappa shape index (κ1) is 12.0. The maximum absolute atomic E-state index is 9.85. The van der Waals surface area contributed by atoms with Crippen LogP contribution in [0.5, 0.6) is 17.2 Å². The predicted molar refractivity (Wildman–Crippen MR) is 65.5 cm³/mol. The van der Waals surface area contributed by atoms with Gasteiger partial charge < -0.3 is 20.3 Å². The minimum absolute atomic E-state index is 0.111. The fourth-order valence-corrected chi connectivity index (χ4v) is 2.55. The van der Waals surface area contributed by atoms with Crippen molar-refractivity contribution in [2.45, 2.75) is 31.2 Å². The molecule has 0 unspecified atom stereocenters. The average molecular weight is 237 g/mol. The molecule has 0 aliphatic heterocycles. The standard InChI is InChI=1S/C13H19NO3/c1-16-11-8-12(17-2)10(15)7-9(11)13(14)5-3-4-6-13/h7-8,15H,3-6,14H2,1-2H3. The van der Waals surface area contributed by atoms with Gasteiger partial charge in [-0.05, 0) is 18.9 Å². The summed E-state index contributed by atoms with van der Waals surface area (Å²) in [6.45, 7) is 0. The van der Waals surface area contributed by atoms with Crippen molar-refractivity contribution in [1.29, 1.82) is 0 Å². The molecular formula is C13H19NO3. The summed E-state index contributed by atoms with van der Waals surface area (Å²) in [6.07, 6.45) is 4.09. The van der Waals surface area contributed by atoms with Crippen molar-refractivity contribution in [3.63, 3.8) is 0 Å². The molecule has 2 rings (SSSR count). The lowest BCUT2D eigenvalue weighted by Gasteiger charge is -2.26. The Kier molecular flexibility index (Phi) is 3.15. The molecule has 0 aromatic heterocycles. The fraction of sp³-hybridized carbons (Fsp3) is 0.538. The Balaban J connectivity index is 2.49. The molecule has 3 N–H and O–H groups in total. The van der Waals surface area contributed by atoms with Crippen LogP contribution >= 0.6 is 0 Å². The first-order valence-electron chi connectivity index (χ1n) is 5.85. The summed E-state index contributed by atoms with van der Waals surface area (Å²) in [7, 11) is 3.12. The maximum Gasteiger partial charge on any atom is 0.164 e. The molecule has 0 amide bonds. The molecule has 1 saturated carbocycles. The number of hydrogen-bond acceptors (Lipinski definition) is 4. The highest BCUT2D eigenvalue weighted by Crippen LogP contribution is 2.44. The van der Waals surface area contributed by atoms with Gasteiger partial charge in [-0.1, -0.05) is 12.8 Å². The van der Waals surface area contributed by atoms with E-state index in [1.807, 2.05) is 0 Å². The summed E-state index contributed by atoms with van der Waals surface area (Å²) in [5.41, 5.74) is 6.88. The van der Waals surface area contributed by atoms with Crippen molar-refractivity contribution in [3.8, 4) is 17.2 Å². The van der Waals surface area contributed by atoms with Crippen LogP contribution in [0.2, 0.25) is 0 Å². The summed E-state index contributed by atoms with van der Waals surface area (Å²) in [5, 5.41) is 9.85. The van der Waals surface area contributed by atoms with Crippen LogP contribution in [0, 0.1) is 0 Å². The Morgan fingerprint density at radius 2 is 1.71 bits per heavy atom. The van der Waals surface area contributed by atoms with E-state index in [9.17, 15) is 5.11 Å². The van der Waals surface area contributed by atoms with Crippen molar-refractivity contribution < 1.29 is 14.6 Å². The Hall–Kier alpha value is -1.42. The number of phenols is 1. The Morgan fingerprint density at radius 3 is 2.24 bits per heavy atom. The van der Waals surface area contributed by atoms with E-state index in [0.717, 1.165) is 31.2 Å². The van der Waals surface area contributed by atoms with Gasteiger partial charge in [0, 0.05) is 17.2 Å². The van der Waals surface area contributed by atoms with Crippen molar-refractivity contribution in [2.24, 2.45) is 5.73 Å². The number of rotatable bonds is 3. The van der Waals surface area contributed by atoms with Gasteiger partial charge in [0.2, 0.25) is 0 Å². The zero-order valence-electron chi connectivity index (χ0n) is 10.3. The first-order chi connectivity index (χ1) is 8.10. The fourth-order valence-electron chi connectivity index (χ4n) is 2.55. The lowest BCUT2D eigenvalue weighted by molar-refractivity contribution is 0.350. The minimum Gasteiger partial charge on any atom is -0.504 e. The molecule has 1 fully saturated rings. The number of nitrogens with two attached hydrogens (primary N) is 1. The van der Waals surface area contributed by atoms with Crippen molar-refractivity contribution >= 4 is 0 Å². The van der Waals surface area contributed by atoms with Crippen LogP contribution in [-0.4, -0.2) is 19.3 Å². The molecule has 0 heterocycles. The molecule has 17 heavy (non-hydrogen) atoms. The molecule has 0 saturated heterocycles. The number of phenolic OH excluding ortho intramolecular Hbond substituents is 1. The number of aromatic hydroxyl groups is 1. The Labute approximate surface area is 101 Å². The van der Waals surface area contributed by atoms with Crippen LogP contribution < -0.4 is 15.2 Å². The van der Waals surface area contributed by atoms with E-state index in [0.29, 0.717) is 11.5 Å². The predicted octanol–water partition coefficient (Wildman–Crippen LogP) is 2.14. The molecule has 1 aliphatic rings. The minimum atomic E-state index is -0.380. The highest BCUT2D eigenvalue weighted by Gasteiger charge is 2.34. The van der Waals surface area contributed by atoms with E-state index >= 15 is 0 Å². The normalized spacial score (nSPS) is 18.1. The van der Waals surface area contributed by atoms with Crippen LogP contribution in [0.25, 0.3) is 0 Å². The van der Waals surface area contributed by atoms with Crippen LogP contribution in [0.15, 0.2) is 12.1 Å². The quantitative estimate of drug-likeness (QED) is 0.845. The summed E-state index contributed by atoms with van der Waals surface area (Å²) >= 11 is 0. The van der Waals surface area contributed by atoms with Crippen LogP contribution in [-0.2, 0) is 5.54 Å². The molecule has 0 radical (unpaired) electrons. The lowest BCUT2D eigenvalue weighted by Crippen LogP contribution is -2.33. The van der Waals surface area contributed by atoms with Gasteiger partial charge in [-0.3, -0.25) is 0 Å². The van der Waals surface area contributed by atoms with Gasteiger partial charge in [0.15, 0.2) is 11.5 Å². The highest BCUT2D eigenvalue weighted by atomic mass is 16.5. The van der Waals surface area contributed by atoms with Crippen molar-refractivity contribution in [3.05, 3.63) is 17.7 Å². The SMILES string of the molecule is COc1cc(OC)c(C2(N)CCCC2)cc1O. The van der Waals surface area contributed by atoms with Gasteiger partial charge in [0.05, 0.1) is 14.2 Å². The van der Waals surface area contributed by atoms with Gasteiger partial charge in [-0.15, -0.1) is 0 Å². The molecule has 1 aliphatic carbocycles. The van der Waals surface area contributed by atoms with Crippen molar-refractivity contribution in [2.75, 3.05) is 14.2 Å². The molecule has 0 atom stereocenters. The Bertz CT molecular complexity index is 411. The number of hydrogen-bond donors (Lipinski definition) is 2. The third-order valence-corrected chi connectivity index (χ3v) is 3.53. The second-order valence-electron chi connectivity index (χ2n) is 4.59. The zero-order valence-corrected chi connectivity index (χ0v) is 10.3. The van der Waals surface area contributed by atoms with E-state index in [2.05, 4.69) is 0 Å². The summed E-state index contributed by atoms with van der Waals surface area (Å²) in [5.74, 6) is 1.20. The van der Waals surface area contributed by atoms with E-state index in [4.69, 9.17) is 15.2 Å². The van der Waals surface area contributed by atoms with Crippen LogP contribution in [0.4, 0.5) is 0 Å². The van der Waals surface area contributed by atoms with Gasteiger partial charge in [0.25, 0.3) is 0 Å². The largest absolute Gasteiger partial charge is 0.504 e. The van der Waals surface area contributed by atoms with Crippen LogP contribution in [0.3, 0.4) is 0 Å².